The van der Waals surface area contributed by atoms with E-state index in [0.29, 0.717) is 0 Å². The molecule has 58 valence electrons. The second kappa shape index (κ2) is 8.21. The molecule has 0 saturated heterocycles. The highest BCUT2D eigenvalue weighted by atomic mass is 35.5. The fourth-order valence-corrected chi connectivity index (χ4v) is 0.681. The highest BCUT2D eigenvalue weighted by molar-refractivity contribution is 5.85. The lowest BCUT2D eigenvalue weighted by Crippen LogP contribution is -2.20. The van der Waals surface area contributed by atoms with Gasteiger partial charge in [0.1, 0.15) is 0 Å². The first-order valence-electron chi connectivity index (χ1n) is 3.17. The van der Waals surface area contributed by atoms with Crippen molar-refractivity contribution in [1.82, 2.24) is 0 Å². The first-order chi connectivity index (χ1) is 3.81. The molecule has 0 radical (unpaired) electrons. The van der Waals surface area contributed by atoms with Crippen molar-refractivity contribution in [1.29, 1.82) is 0 Å². The van der Waals surface area contributed by atoms with E-state index in [1.54, 1.807) is 0 Å². The third kappa shape index (κ3) is 8.21. The van der Waals surface area contributed by atoms with E-state index in [1.165, 1.54) is 0 Å². The maximum Gasteiger partial charge on any atom is 0.0445 e. The Morgan fingerprint density at radius 3 is 2.33 bits per heavy atom. The molecular weight excluding hydrogens is 138 g/mol. The first-order valence-corrected chi connectivity index (χ1v) is 3.17. The van der Waals surface area contributed by atoms with Gasteiger partial charge in [-0.2, -0.15) is 0 Å². The standard InChI is InChI=1S/C6H15NO.ClH/c1-2-3-6(7)4-5-8;/h6,8H,2-5,7H2,1H3;1H. The van der Waals surface area contributed by atoms with E-state index in [1.807, 2.05) is 0 Å². The van der Waals surface area contributed by atoms with Crippen LogP contribution in [-0.4, -0.2) is 17.8 Å². The maximum absolute atomic E-state index is 8.38. The Kier molecular flexibility index (Phi) is 10.9. The van der Waals surface area contributed by atoms with Crippen molar-refractivity contribution < 1.29 is 5.11 Å². The number of halogens is 1. The molecule has 0 spiro atoms. The van der Waals surface area contributed by atoms with E-state index >= 15 is 0 Å². The van der Waals surface area contributed by atoms with E-state index in [2.05, 4.69) is 6.92 Å². The topological polar surface area (TPSA) is 46.2 Å². The molecule has 1 atom stereocenters. The van der Waals surface area contributed by atoms with E-state index in [4.69, 9.17) is 10.8 Å². The minimum Gasteiger partial charge on any atom is -0.396 e. The zero-order chi connectivity index (χ0) is 6.41. The average molecular weight is 154 g/mol. The maximum atomic E-state index is 8.38. The van der Waals surface area contributed by atoms with Gasteiger partial charge in [0, 0.05) is 12.6 Å². The van der Waals surface area contributed by atoms with Crippen LogP contribution in [-0.2, 0) is 0 Å². The number of aliphatic hydroxyl groups excluding tert-OH is 1. The normalized spacial score (nSPS) is 12.3. The van der Waals surface area contributed by atoms with Crippen LogP contribution < -0.4 is 5.73 Å². The summed E-state index contributed by atoms with van der Waals surface area (Å²) < 4.78 is 0. The predicted molar refractivity (Wildman–Crippen MR) is 41.8 cm³/mol. The van der Waals surface area contributed by atoms with Crippen LogP contribution >= 0.6 is 12.4 Å². The van der Waals surface area contributed by atoms with Crippen LogP contribution in [0, 0.1) is 0 Å². The van der Waals surface area contributed by atoms with Crippen LogP contribution in [0.5, 0.6) is 0 Å². The van der Waals surface area contributed by atoms with E-state index < -0.39 is 0 Å². The first kappa shape index (κ1) is 11.9. The number of hydrogen-bond acceptors (Lipinski definition) is 2. The van der Waals surface area contributed by atoms with Gasteiger partial charge in [0.05, 0.1) is 0 Å². The van der Waals surface area contributed by atoms with Gasteiger partial charge in [-0.1, -0.05) is 13.3 Å². The van der Waals surface area contributed by atoms with Crippen LogP contribution in [0.1, 0.15) is 26.2 Å². The minimum atomic E-state index is 0. The zero-order valence-corrected chi connectivity index (χ0v) is 6.66. The Bertz CT molecular complexity index is 46.3. The Balaban J connectivity index is 0. The molecule has 9 heavy (non-hydrogen) atoms. The molecule has 2 nitrogen and oxygen atoms in total. The molecule has 0 aliphatic rings. The second-order valence-corrected chi connectivity index (χ2v) is 2.06. The summed E-state index contributed by atoms with van der Waals surface area (Å²) in [6, 6.07) is 0.213. The third-order valence-corrected chi connectivity index (χ3v) is 1.16. The summed E-state index contributed by atoms with van der Waals surface area (Å²) in [6.07, 6.45) is 2.88. The van der Waals surface area contributed by atoms with Gasteiger partial charge in [-0.25, -0.2) is 0 Å². The van der Waals surface area contributed by atoms with Crippen LogP contribution in [0.2, 0.25) is 0 Å². The fraction of sp³-hybridized carbons (Fsp3) is 1.00. The van der Waals surface area contributed by atoms with Gasteiger partial charge >= 0.3 is 0 Å². The van der Waals surface area contributed by atoms with Gasteiger partial charge in [0.25, 0.3) is 0 Å². The molecule has 0 rings (SSSR count). The number of hydrogen-bond donors (Lipinski definition) is 2. The number of nitrogens with two attached hydrogens (primary N) is 1. The molecule has 0 aliphatic carbocycles. The molecule has 3 N–H and O–H groups in total. The van der Waals surface area contributed by atoms with Gasteiger partial charge in [-0.05, 0) is 12.8 Å². The molecule has 0 aromatic rings. The Hall–Kier alpha value is 0.210. The molecular formula is C6H16ClNO. The van der Waals surface area contributed by atoms with Crippen LogP contribution in [0.4, 0.5) is 0 Å². The average Bonchev–Trinajstić information content (AvgIpc) is 1.68. The van der Waals surface area contributed by atoms with Gasteiger partial charge in [0.2, 0.25) is 0 Å². The SMILES string of the molecule is CCCC(N)CCO.Cl. The smallest absolute Gasteiger partial charge is 0.0445 e. The predicted octanol–water partition coefficient (Wildman–Crippen LogP) is 0.918. The zero-order valence-electron chi connectivity index (χ0n) is 5.84. The number of aliphatic hydroxyl groups is 1. The van der Waals surface area contributed by atoms with Crippen molar-refractivity contribution in [2.45, 2.75) is 32.2 Å². The third-order valence-electron chi connectivity index (χ3n) is 1.16. The molecule has 0 saturated carbocycles. The highest BCUT2D eigenvalue weighted by Crippen LogP contribution is 1.95. The molecule has 1 unspecified atom stereocenters. The molecule has 0 fully saturated rings. The molecule has 0 bridgehead atoms. The van der Waals surface area contributed by atoms with Crippen LogP contribution in [0.25, 0.3) is 0 Å². The summed E-state index contributed by atoms with van der Waals surface area (Å²) in [7, 11) is 0. The van der Waals surface area contributed by atoms with E-state index in [9.17, 15) is 0 Å². The van der Waals surface area contributed by atoms with Crippen LogP contribution in [0.15, 0.2) is 0 Å². The fourth-order valence-electron chi connectivity index (χ4n) is 0.681. The molecule has 0 aliphatic heterocycles. The Morgan fingerprint density at radius 2 is 2.00 bits per heavy atom. The summed E-state index contributed by atoms with van der Waals surface area (Å²) in [4.78, 5) is 0. The largest absolute Gasteiger partial charge is 0.396 e. The molecule has 0 aromatic carbocycles. The van der Waals surface area contributed by atoms with Crippen molar-refractivity contribution in [2.24, 2.45) is 5.73 Å². The van der Waals surface area contributed by atoms with Gasteiger partial charge in [-0.15, -0.1) is 12.4 Å². The van der Waals surface area contributed by atoms with Crippen molar-refractivity contribution in [3.63, 3.8) is 0 Å². The quantitative estimate of drug-likeness (QED) is 0.631. The molecule has 3 heteroatoms. The van der Waals surface area contributed by atoms with Crippen LogP contribution in [0.3, 0.4) is 0 Å². The van der Waals surface area contributed by atoms with Crippen molar-refractivity contribution >= 4 is 12.4 Å². The summed E-state index contributed by atoms with van der Waals surface area (Å²) >= 11 is 0. The van der Waals surface area contributed by atoms with Gasteiger partial charge < -0.3 is 10.8 Å². The molecule has 0 aromatic heterocycles. The summed E-state index contributed by atoms with van der Waals surface area (Å²) in [5.41, 5.74) is 5.53. The monoisotopic (exact) mass is 153 g/mol. The number of rotatable bonds is 4. The lowest BCUT2D eigenvalue weighted by molar-refractivity contribution is 0.273. The van der Waals surface area contributed by atoms with Crippen molar-refractivity contribution in [3.8, 4) is 0 Å². The summed E-state index contributed by atoms with van der Waals surface area (Å²) in [5, 5.41) is 8.38. The van der Waals surface area contributed by atoms with Crippen molar-refractivity contribution in [2.75, 3.05) is 6.61 Å². The van der Waals surface area contributed by atoms with Gasteiger partial charge in [0.15, 0.2) is 0 Å². The molecule has 0 amide bonds. The Labute approximate surface area is 62.9 Å². The summed E-state index contributed by atoms with van der Waals surface area (Å²) in [6.45, 7) is 2.32. The van der Waals surface area contributed by atoms with E-state index in [-0.39, 0.29) is 25.1 Å². The summed E-state index contributed by atoms with van der Waals surface area (Å²) in [5.74, 6) is 0. The van der Waals surface area contributed by atoms with Gasteiger partial charge in [-0.3, -0.25) is 0 Å². The van der Waals surface area contributed by atoms with Crippen molar-refractivity contribution in [3.05, 3.63) is 0 Å². The lowest BCUT2D eigenvalue weighted by Gasteiger charge is -2.05. The molecule has 0 heterocycles. The highest BCUT2D eigenvalue weighted by Gasteiger charge is 1.96. The second-order valence-electron chi connectivity index (χ2n) is 2.06. The van der Waals surface area contributed by atoms with E-state index in [0.717, 1.165) is 19.3 Å². The lowest BCUT2D eigenvalue weighted by atomic mass is 10.1. The Morgan fingerprint density at radius 1 is 1.44 bits per heavy atom. The minimum absolute atomic E-state index is 0.